The summed E-state index contributed by atoms with van der Waals surface area (Å²) in [6.45, 7) is 6.04. The second-order valence-electron chi connectivity index (χ2n) is 7.57. The first-order chi connectivity index (χ1) is 14.5. The van der Waals surface area contributed by atoms with E-state index in [0.29, 0.717) is 23.6 Å². The van der Waals surface area contributed by atoms with E-state index in [1.54, 1.807) is 18.2 Å². The minimum absolute atomic E-state index is 0.0523. The van der Waals surface area contributed by atoms with Crippen LogP contribution in [0.25, 0.3) is 0 Å². The van der Waals surface area contributed by atoms with Crippen LogP contribution in [0.1, 0.15) is 41.8 Å². The molecule has 1 aliphatic rings. The molecule has 1 amide bonds. The largest absolute Gasteiger partial charge is 0.493 e. The van der Waals surface area contributed by atoms with Gasteiger partial charge in [-0.15, -0.1) is 0 Å². The van der Waals surface area contributed by atoms with Gasteiger partial charge in [0, 0.05) is 31.2 Å². The molecule has 160 valence electrons. The Morgan fingerprint density at radius 1 is 1.13 bits per heavy atom. The third kappa shape index (κ3) is 5.39. The van der Waals surface area contributed by atoms with Crippen molar-refractivity contribution < 1.29 is 19.1 Å². The summed E-state index contributed by atoms with van der Waals surface area (Å²) in [6.07, 6.45) is 2.00. The topological polar surface area (TPSA) is 67.9 Å². The Kier molecular flexibility index (Phi) is 7.46. The summed E-state index contributed by atoms with van der Waals surface area (Å²) in [7, 11) is 1.51. The van der Waals surface area contributed by atoms with E-state index in [1.165, 1.54) is 25.2 Å². The second kappa shape index (κ2) is 10.3. The number of fused-ring (bicyclic) bond motifs is 1. The Balaban J connectivity index is 1.51. The minimum Gasteiger partial charge on any atom is -0.493 e. The fraction of sp³-hybridized carbons (Fsp3) is 0.417. The molecule has 2 aromatic rings. The maximum atomic E-state index is 12.3. The van der Waals surface area contributed by atoms with E-state index in [-0.39, 0.29) is 24.3 Å². The van der Waals surface area contributed by atoms with Crippen molar-refractivity contribution in [2.45, 2.75) is 39.3 Å². The van der Waals surface area contributed by atoms with E-state index in [4.69, 9.17) is 9.47 Å². The Bertz CT molecular complexity index is 897. The van der Waals surface area contributed by atoms with Crippen molar-refractivity contribution in [2.24, 2.45) is 0 Å². The van der Waals surface area contributed by atoms with E-state index >= 15 is 0 Å². The lowest BCUT2D eigenvalue weighted by molar-refractivity contribution is -0.123. The number of methoxy groups -OCH3 is 1. The SMILES string of the molecule is CCC(CNC(=O)COc1ccc(C(C)=O)cc1OC)N1CCc2ccccc2C1. The van der Waals surface area contributed by atoms with Crippen LogP contribution in [0, 0.1) is 0 Å². The van der Waals surface area contributed by atoms with Gasteiger partial charge in [-0.05, 0) is 49.1 Å². The summed E-state index contributed by atoms with van der Waals surface area (Å²) in [4.78, 5) is 26.3. The van der Waals surface area contributed by atoms with E-state index in [1.807, 2.05) is 0 Å². The lowest BCUT2D eigenvalue weighted by Gasteiger charge is -2.35. The maximum absolute atomic E-state index is 12.3. The van der Waals surface area contributed by atoms with Crippen molar-refractivity contribution >= 4 is 11.7 Å². The maximum Gasteiger partial charge on any atom is 0.257 e. The fourth-order valence-corrected chi connectivity index (χ4v) is 3.79. The van der Waals surface area contributed by atoms with E-state index < -0.39 is 0 Å². The lowest BCUT2D eigenvalue weighted by Crippen LogP contribution is -2.46. The van der Waals surface area contributed by atoms with Gasteiger partial charge in [0.25, 0.3) is 5.91 Å². The van der Waals surface area contributed by atoms with Gasteiger partial charge < -0.3 is 14.8 Å². The molecule has 1 unspecified atom stereocenters. The predicted octanol–water partition coefficient (Wildman–Crippen LogP) is 3.23. The molecule has 0 fully saturated rings. The molecule has 30 heavy (non-hydrogen) atoms. The lowest BCUT2D eigenvalue weighted by atomic mass is 9.98. The first-order valence-electron chi connectivity index (χ1n) is 10.4. The van der Waals surface area contributed by atoms with Gasteiger partial charge in [0.15, 0.2) is 23.9 Å². The van der Waals surface area contributed by atoms with Crippen molar-refractivity contribution in [3.05, 3.63) is 59.2 Å². The van der Waals surface area contributed by atoms with Gasteiger partial charge in [0.1, 0.15) is 0 Å². The summed E-state index contributed by atoms with van der Waals surface area (Å²) in [5.41, 5.74) is 3.33. The standard InChI is InChI=1S/C24H30N2O4/c1-4-21(26-12-11-18-7-5-6-8-20(18)15-26)14-25-24(28)16-30-22-10-9-19(17(2)27)13-23(22)29-3/h5-10,13,21H,4,11-12,14-16H2,1-3H3,(H,25,28). The molecule has 0 aromatic heterocycles. The number of hydrogen-bond donors (Lipinski definition) is 1. The molecule has 0 spiro atoms. The zero-order valence-corrected chi connectivity index (χ0v) is 17.9. The number of carbonyl (C=O) groups is 2. The molecule has 0 saturated carbocycles. The van der Waals surface area contributed by atoms with Crippen molar-refractivity contribution in [2.75, 3.05) is 26.8 Å². The number of hydrogen-bond acceptors (Lipinski definition) is 5. The van der Waals surface area contributed by atoms with Crippen LogP contribution in [-0.2, 0) is 17.8 Å². The van der Waals surface area contributed by atoms with Gasteiger partial charge in [-0.1, -0.05) is 31.2 Å². The van der Waals surface area contributed by atoms with Crippen molar-refractivity contribution in [1.82, 2.24) is 10.2 Å². The average molecular weight is 411 g/mol. The van der Waals surface area contributed by atoms with Crippen LogP contribution < -0.4 is 14.8 Å². The number of ether oxygens (including phenoxy) is 2. The fourth-order valence-electron chi connectivity index (χ4n) is 3.79. The molecular weight excluding hydrogens is 380 g/mol. The van der Waals surface area contributed by atoms with Gasteiger partial charge in [-0.3, -0.25) is 14.5 Å². The van der Waals surface area contributed by atoms with Crippen LogP contribution in [0.5, 0.6) is 11.5 Å². The number of nitrogens with zero attached hydrogens (tertiary/aromatic N) is 1. The van der Waals surface area contributed by atoms with Crippen molar-refractivity contribution in [1.29, 1.82) is 0 Å². The molecule has 1 heterocycles. The number of nitrogens with one attached hydrogen (secondary N) is 1. The molecule has 0 radical (unpaired) electrons. The van der Waals surface area contributed by atoms with Crippen LogP contribution in [0.2, 0.25) is 0 Å². The Morgan fingerprint density at radius 3 is 2.60 bits per heavy atom. The number of Topliss-reactive ketones (excluding diaryl/α,β-unsaturated/α-hetero) is 1. The van der Waals surface area contributed by atoms with Gasteiger partial charge in [0.05, 0.1) is 7.11 Å². The highest BCUT2D eigenvalue weighted by molar-refractivity contribution is 5.94. The van der Waals surface area contributed by atoms with Gasteiger partial charge in [0.2, 0.25) is 0 Å². The molecule has 1 aliphatic heterocycles. The highest BCUT2D eigenvalue weighted by Gasteiger charge is 2.22. The molecule has 6 nitrogen and oxygen atoms in total. The second-order valence-corrected chi connectivity index (χ2v) is 7.57. The van der Waals surface area contributed by atoms with Crippen LogP contribution in [0.3, 0.4) is 0 Å². The third-order valence-electron chi connectivity index (χ3n) is 5.61. The number of carbonyl (C=O) groups excluding carboxylic acids is 2. The average Bonchev–Trinajstić information content (AvgIpc) is 2.77. The number of ketones is 1. The number of benzene rings is 2. The van der Waals surface area contributed by atoms with Crippen molar-refractivity contribution in [3.63, 3.8) is 0 Å². The van der Waals surface area contributed by atoms with Gasteiger partial charge in [-0.25, -0.2) is 0 Å². The molecule has 0 saturated heterocycles. The zero-order valence-electron chi connectivity index (χ0n) is 17.9. The van der Waals surface area contributed by atoms with Crippen LogP contribution in [-0.4, -0.2) is 49.4 Å². The first kappa shape index (κ1) is 21.8. The quantitative estimate of drug-likeness (QED) is 0.643. The Hall–Kier alpha value is -2.86. The summed E-state index contributed by atoms with van der Waals surface area (Å²) < 4.78 is 10.9. The predicted molar refractivity (Wildman–Crippen MR) is 116 cm³/mol. The molecule has 0 bridgehead atoms. The molecule has 2 aromatic carbocycles. The molecule has 6 heteroatoms. The summed E-state index contributed by atoms with van der Waals surface area (Å²) in [5.74, 6) is 0.651. The highest BCUT2D eigenvalue weighted by atomic mass is 16.5. The van der Waals surface area contributed by atoms with E-state index in [0.717, 1.165) is 25.9 Å². The highest BCUT2D eigenvalue weighted by Crippen LogP contribution is 2.28. The smallest absolute Gasteiger partial charge is 0.257 e. The number of amides is 1. The van der Waals surface area contributed by atoms with Gasteiger partial charge in [-0.2, -0.15) is 0 Å². The zero-order chi connectivity index (χ0) is 21.5. The van der Waals surface area contributed by atoms with E-state index in [2.05, 4.69) is 41.4 Å². The van der Waals surface area contributed by atoms with E-state index in [9.17, 15) is 9.59 Å². The first-order valence-corrected chi connectivity index (χ1v) is 10.4. The van der Waals surface area contributed by atoms with Gasteiger partial charge >= 0.3 is 0 Å². The Morgan fingerprint density at radius 2 is 1.90 bits per heavy atom. The van der Waals surface area contributed by atoms with Crippen LogP contribution in [0.15, 0.2) is 42.5 Å². The molecule has 3 rings (SSSR count). The van der Waals surface area contributed by atoms with Crippen LogP contribution >= 0.6 is 0 Å². The molecule has 1 atom stereocenters. The normalized spacial score (nSPS) is 14.5. The molecule has 0 aliphatic carbocycles. The minimum atomic E-state index is -0.177. The third-order valence-corrected chi connectivity index (χ3v) is 5.61. The van der Waals surface area contributed by atoms with Crippen LogP contribution in [0.4, 0.5) is 0 Å². The number of rotatable bonds is 9. The summed E-state index contributed by atoms with van der Waals surface area (Å²) >= 11 is 0. The molecular formula is C24H30N2O4. The molecule has 1 N–H and O–H groups in total. The summed E-state index contributed by atoms with van der Waals surface area (Å²) in [5, 5.41) is 2.99. The Labute approximate surface area is 178 Å². The monoisotopic (exact) mass is 410 g/mol. The summed E-state index contributed by atoms with van der Waals surface area (Å²) in [6, 6.07) is 13.8. The van der Waals surface area contributed by atoms with Crippen molar-refractivity contribution in [3.8, 4) is 11.5 Å².